The van der Waals surface area contributed by atoms with E-state index in [0.29, 0.717) is 0 Å². The highest BCUT2D eigenvalue weighted by molar-refractivity contribution is 6.22. The number of ether oxygens (including phenoxy) is 2. The molecule has 11 heteroatoms. The Morgan fingerprint density at radius 3 is 2.44 bits per heavy atom. The van der Waals surface area contributed by atoms with Crippen molar-refractivity contribution in [2.75, 3.05) is 19.1 Å². The molecule has 2 aromatic carbocycles. The third-order valence-electron chi connectivity index (χ3n) is 5.74. The molecule has 2 aromatic rings. The topological polar surface area (TPSA) is 119 Å². The summed E-state index contributed by atoms with van der Waals surface area (Å²) in [6.45, 7) is 0. The number of nitro benzene ring substituents is 1. The number of methoxy groups -OCH3 is 2. The van der Waals surface area contributed by atoms with Crippen LogP contribution < -0.4 is 9.64 Å². The Morgan fingerprint density at radius 1 is 1.16 bits per heavy atom. The van der Waals surface area contributed by atoms with Crippen molar-refractivity contribution in [2.45, 2.75) is 18.5 Å². The van der Waals surface area contributed by atoms with Gasteiger partial charge in [0.1, 0.15) is 11.9 Å². The van der Waals surface area contributed by atoms with Crippen LogP contribution in [0.2, 0.25) is 0 Å². The van der Waals surface area contributed by atoms with E-state index in [1.807, 2.05) is 0 Å². The Morgan fingerprint density at radius 2 is 1.84 bits per heavy atom. The summed E-state index contributed by atoms with van der Waals surface area (Å²) in [6, 6.07) is 6.31. The zero-order valence-electron chi connectivity index (χ0n) is 17.1. The van der Waals surface area contributed by atoms with Gasteiger partial charge >= 0.3 is 17.7 Å². The van der Waals surface area contributed by atoms with E-state index in [0.717, 1.165) is 17.0 Å². The maximum atomic E-state index is 13.3. The molecule has 0 N–H and O–H groups in total. The number of amides is 3. The van der Waals surface area contributed by atoms with Gasteiger partial charge in [-0.05, 0) is 42.3 Å². The SMILES string of the molecule is COC(=O)C1CC2C(=O)N(c3ccc(F)cc3)C(=O)N2C1c1ccc(OC)c([N+](=O)[O-])c1. The predicted octanol–water partition coefficient (Wildman–Crippen LogP) is 2.81. The zero-order chi connectivity index (χ0) is 23.2. The Kier molecular flexibility index (Phi) is 5.25. The van der Waals surface area contributed by atoms with Crippen molar-refractivity contribution in [3.8, 4) is 5.75 Å². The summed E-state index contributed by atoms with van der Waals surface area (Å²) < 4.78 is 23.2. The number of halogens is 1. The predicted molar refractivity (Wildman–Crippen MR) is 107 cm³/mol. The van der Waals surface area contributed by atoms with Gasteiger partial charge in [-0.15, -0.1) is 0 Å². The molecule has 0 bridgehead atoms. The van der Waals surface area contributed by atoms with Gasteiger partial charge in [-0.2, -0.15) is 0 Å². The molecule has 166 valence electrons. The maximum absolute atomic E-state index is 13.3. The average Bonchev–Trinajstić information content (AvgIpc) is 3.29. The van der Waals surface area contributed by atoms with Crippen LogP contribution in [-0.4, -0.2) is 48.0 Å². The molecule has 2 aliphatic heterocycles. The van der Waals surface area contributed by atoms with Gasteiger partial charge < -0.3 is 14.4 Å². The van der Waals surface area contributed by atoms with E-state index >= 15 is 0 Å². The number of hydrogen-bond acceptors (Lipinski definition) is 7. The van der Waals surface area contributed by atoms with Crippen LogP contribution in [-0.2, 0) is 14.3 Å². The molecule has 4 rings (SSSR count). The van der Waals surface area contributed by atoms with Gasteiger partial charge in [0, 0.05) is 6.07 Å². The molecule has 0 aliphatic carbocycles. The minimum atomic E-state index is -0.973. The van der Waals surface area contributed by atoms with Crippen LogP contribution in [0.5, 0.6) is 5.75 Å². The number of urea groups is 1. The van der Waals surface area contributed by atoms with Gasteiger partial charge in [-0.3, -0.25) is 19.7 Å². The van der Waals surface area contributed by atoms with E-state index in [1.165, 1.54) is 49.5 Å². The second-order valence-electron chi connectivity index (χ2n) is 7.35. The molecule has 2 fully saturated rings. The highest BCUT2D eigenvalue weighted by Gasteiger charge is 2.58. The minimum Gasteiger partial charge on any atom is -0.490 e. The molecule has 2 saturated heterocycles. The van der Waals surface area contributed by atoms with Crippen LogP contribution >= 0.6 is 0 Å². The summed E-state index contributed by atoms with van der Waals surface area (Å²) in [7, 11) is 2.47. The number of nitro groups is 1. The zero-order valence-corrected chi connectivity index (χ0v) is 17.1. The van der Waals surface area contributed by atoms with Crippen LogP contribution in [0, 0.1) is 21.8 Å². The Labute approximate surface area is 181 Å². The highest BCUT2D eigenvalue weighted by atomic mass is 19.1. The number of hydrogen-bond donors (Lipinski definition) is 0. The fourth-order valence-electron chi connectivity index (χ4n) is 4.33. The number of carbonyl (C=O) groups excluding carboxylic acids is 3. The van der Waals surface area contributed by atoms with Crippen molar-refractivity contribution >= 4 is 29.3 Å². The van der Waals surface area contributed by atoms with E-state index in [9.17, 15) is 28.9 Å². The van der Waals surface area contributed by atoms with Crippen molar-refractivity contribution in [3.05, 3.63) is 64.0 Å². The van der Waals surface area contributed by atoms with E-state index in [2.05, 4.69) is 0 Å². The fourth-order valence-corrected chi connectivity index (χ4v) is 4.33. The van der Waals surface area contributed by atoms with Crippen molar-refractivity contribution in [1.82, 2.24) is 4.90 Å². The summed E-state index contributed by atoms with van der Waals surface area (Å²) in [5, 5.41) is 11.5. The van der Waals surface area contributed by atoms with E-state index in [-0.39, 0.29) is 29.1 Å². The first kappa shape index (κ1) is 21.2. The maximum Gasteiger partial charge on any atom is 0.332 e. The molecule has 0 spiro atoms. The Bertz CT molecular complexity index is 1120. The summed E-state index contributed by atoms with van der Waals surface area (Å²) in [5.74, 6) is -2.62. The lowest BCUT2D eigenvalue weighted by Gasteiger charge is -2.27. The van der Waals surface area contributed by atoms with Gasteiger partial charge in [-0.1, -0.05) is 6.07 Å². The number of rotatable bonds is 5. The third kappa shape index (κ3) is 3.22. The number of benzene rings is 2. The van der Waals surface area contributed by atoms with Crippen molar-refractivity contribution < 1.29 is 33.2 Å². The molecule has 3 unspecified atom stereocenters. The fraction of sp³-hybridized carbons (Fsp3) is 0.286. The van der Waals surface area contributed by atoms with Gasteiger partial charge in [-0.25, -0.2) is 14.1 Å². The van der Waals surface area contributed by atoms with Gasteiger partial charge in [0.2, 0.25) is 0 Å². The first-order valence-electron chi connectivity index (χ1n) is 9.60. The van der Waals surface area contributed by atoms with Crippen LogP contribution in [0.25, 0.3) is 0 Å². The van der Waals surface area contributed by atoms with Crippen molar-refractivity contribution in [2.24, 2.45) is 5.92 Å². The monoisotopic (exact) mass is 443 g/mol. The van der Waals surface area contributed by atoms with Gasteiger partial charge in [0.25, 0.3) is 5.91 Å². The van der Waals surface area contributed by atoms with Crippen LogP contribution in [0.3, 0.4) is 0 Å². The lowest BCUT2D eigenvalue weighted by molar-refractivity contribution is -0.385. The molecule has 0 aromatic heterocycles. The smallest absolute Gasteiger partial charge is 0.332 e. The van der Waals surface area contributed by atoms with E-state index < -0.39 is 46.6 Å². The van der Waals surface area contributed by atoms with E-state index in [4.69, 9.17) is 9.47 Å². The molecular formula is C21H18FN3O7. The summed E-state index contributed by atoms with van der Waals surface area (Å²) in [5.41, 5.74) is 0.132. The van der Waals surface area contributed by atoms with E-state index in [1.54, 1.807) is 0 Å². The first-order chi connectivity index (χ1) is 15.3. The van der Waals surface area contributed by atoms with Crippen molar-refractivity contribution in [1.29, 1.82) is 0 Å². The molecule has 3 atom stereocenters. The summed E-state index contributed by atoms with van der Waals surface area (Å²) in [4.78, 5) is 51.9. The molecular weight excluding hydrogens is 425 g/mol. The number of nitrogens with zero attached hydrogens (tertiary/aromatic N) is 3. The summed E-state index contributed by atoms with van der Waals surface area (Å²) in [6.07, 6.45) is -0.0144. The number of esters is 1. The normalized spacial score (nSPS) is 22.2. The Hall–Kier alpha value is -4.02. The number of imide groups is 1. The van der Waals surface area contributed by atoms with Crippen LogP contribution in [0.4, 0.5) is 20.6 Å². The first-order valence-corrected chi connectivity index (χ1v) is 9.60. The second-order valence-corrected chi connectivity index (χ2v) is 7.35. The van der Waals surface area contributed by atoms with Gasteiger partial charge in [0.05, 0.1) is 36.8 Å². The van der Waals surface area contributed by atoms with Crippen LogP contribution in [0.15, 0.2) is 42.5 Å². The lowest BCUT2D eigenvalue weighted by atomic mass is 9.92. The highest BCUT2D eigenvalue weighted by Crippen LogP contribution is 2.47. The number of anilines is 1. The molecule has 0 radical (unpaired) electrons. The number of fused-ring (bicyclic) bond motifs is 1. The standard InChI is InChI=1S/C21H18FN3O7/c1-31-17-8-3-11(9-15(17)25(29)30)18-14(20(27)32-2)10-16-19(26)23(21(28)24(16)18)13-6-4-12(22)5-7-13/h3-9,14,16,18H,10H2,1-2H3. The molecule has 0 saturated carbocycles. The second kappa shape index (κ2) is 7.91. The van der Waals surface area contributed by atoms with Crippen LogP contribution in [0.1, 0.15) is 18.0 Å². The molecule has 2 heterocycles. The molecule has 10 nitrogen and oxygen atoms in total. The lowest BCUT2D eigenvalue weighted by Crippen LogP contribution is -2.37. The molecule has 3 amide bonds. The quantitative estimate of drug-likeness (QED) is 0.302. The molecule has 2 aliphatic rings. The third-order valence-corrected chi connectivity index (χ3v) is 5.74. The largest absolute Gasteiger partial charge is 0.490 e. The molecule has 32 heavy (non-hydrogen) atoms. The minimum absolute atomic E-state index is 0.0136. The number of carbonyl (C=O) groups is 3. The van der Waals surface area contributed by atoms with Gasteiger partial charge in [0.15, 0.2) is 5.75 Å². The Balaban J connectivity index is 1.79. The summed E-state index contributed by atoms with van der Waals surface area (Å²) >= 11 is 0. The van der Waals surface area contributed by atoms with Crippen molar-refractivity contribution in [3.63, 3.8) is 0 Å². The average molecular weight is 443 g/mol.